The average Bonchev–Trinajstić information content (AvgIpc) is 2.66. The van der Waals surface area contributed by atoms with E-state index >= 15 is 0 Å². The third-order valence-corrected chi connectivity index (χ3v) is 4.33. The van der Waals surface area contributed by atoms with Crippen LogP contribution in [0.5, 0.6) is 5.75 Å². The quantitative estimate of drug-likeness (QED) is 0.524. The highest BCUT2D eigenvalue weighted by molar-refractivity contribution is 5.66. The summed E-state index contributed by atoms with van der Waals surface area (Å²) in [5.41, 5.74) is 3.74. The van der Waals surface area contributed by atoms with Crippen molar-refractivity contribution in [3.8, 4) is 5.75 Å². The number of aliphatic carboxylic acids is 1. The second kappa shape index (κ2) is 11.1. The first kappa shape index (κ1) is 19.8. The number of hydrogen-bond acceptors (Lipinski definition) is 2. The number of carbonyl (C=O) groups is 1. The summed E-state index contributed by atoms with van der Waals surface area (Å²) < 4.78 is 5.82. The van der Waals surface area contributed by atoms with Crippen molar-refractivity contribution in [1.82, 2.24) is 0 Å². The number of allylic oxidation sites excluding steroid dienone is 2. The van der Waals surface area contributed by atoms with E-state index in [0.29, 0.717) is 6.61 Å². The SMILES string of the molecule is C/C(=C\CCCCC(=O)O)c1ccc(OCCCc2ccccc2)cc1. The van der Waals surface area contributed by atoms with Gasteiger partial charge in [0.15, 0.2) is 0 Å². The molecule has 0 bridgehead atoms. The molecule has 0 aliphatic heterocycles. The highest BCUT2D eigenvalue weighted by Gasteiger charge is 2.00. The zero-order valence-corrected chi connectivity index (χ0v) is 15.5. The van der Waals surface area contributed by atoms with Crippen LogP contribution in [-0.4, -0.2) is 17.7 Å². The summed E-state index contributed by atoms with van der Waals surface area (Å²) in [5, 5.41) is 8.63. The van der Waals surface area contributed by atoms with Crippen LogP contribution in [0.15, 0.2) is 60.7 Å². The molecule has 0 atom stereocenters. The van der Waals surface area contributed by atoms with Gasteiger partial charge in [-0.2, -0.15) is 0 Å². The van der Waals surface area contributed by atoms with Crippen LogP contribution in [0.4, 0.5) is 0 Å². The largest absolute Gasteiger partial charge is 0.494 e. The van der Waals surface area contributed by atoms with Crippen LogP contribution >= 0.6 is 0 Å². The van der Waals surface area contributed by atoms with Gasteiger partial charge in [0.2, 0.25) is 0 Å². The molecule has 0 heterocycles. The predicted molar refractivity (Wildman–Crippen MR) is 106 cm³/mol. The van der Waals surface area contributed by atoms with Crippen LogP contribution in [0.25, 0.3) is 5.57 Å². The minimum atomic E-state index is -0.718. The highest BCUT2D eigenvalue weighted by Crippen LogP contribution is 2.20. The minimum absolute atomic E-state index is 0.253. The topological polar surface area (TPSA) is 46.5 Å². The predicted octanol–water partition coefficient (Wildman–Crippen LogP) is 5.75. The Bertz CT molecular complexity index is 687. The molecule has 0 radical (unpaired) electrons. The smallest absolute Gasteiger partial charge is 0.303 e. The summed E-state index contributed by atoms with van der Waals surface area (Å²) in [5.74, 6) is 0.182. The zero-order valence-electron chi connectivity index (χ0n) is 15.5. The molecule has 0 fully saturated rings. The minimum Gasteiger partial charge on any atom is -0.494 e. The first-order valence-electron chi connectivity index (χ1n) is 9.31. The fourth-order valence-electron chi connectivity index (χ4n) is 2.78. The molecule has 2 aromatic rings. The molecule has 3 heteroatoms. The maximum absolute atomic E-state index is 10.5. The van der Waals surface area contributed by atoms with E-state index in [4.69, 9.17) is 9.84 Å². The second-order valence-corrected chi connectivity index (χ2v) is 6.49. The highest BCUT2D eigenvalue weighted by atomic mass is 16.5. The van der Waals surface area contributed by atoms with Crippen molar-refractivity contribution in [2.24, 2.45) is 0 Å². The van der Waals surface area contributed by atoms with Crippen LogP contribution < -0.4 is 4.74 Å². The van der Waals surface area contributed by atoms with Gasteiger partial charge in [-0.3, -0.25) is 4.79 Å². The van der Waals surface area contributed by atoms with Gasteiger partial charge in [0.25, 0.3) is 0 Å². The lowest BCUT2D eigenvalue weighted by Gasteiger charge is -2.08. The molecular weight excluding hydrogens is 324 g/mol. The van der Waals surface area contributed by atoms with Crippen molar-refractivity contribution in [3.05, 3.63) is 71.8 Å². The molecule has 0 saturated heterocycles. The van der Waals surface area contributed by atoms with Crippen molar-refractivity contribution >= 4 is 11.5 Å². The number of aryl methyl sites for hydroxylation is 1. The molecule has 0 saturated carbocycles. The molecule has 0 spiro atoms. The second-order valence-electron chi connectivity index (χ2n) is 6.49. The molecular formula is C23H28O3. The van der Waals surface area contributed by atoms with Crippen molar-refractivity contribution in [3.63, 3.8) is 0 Å². The Hall–Kier alpha value is -2.55. The average molecular weight is 352 g/mol. The van der Waals surface area contributed by atoms with Gasteiger partial charge in [0.05, 0.1) is 6.61 Å². The maximum Gasteiger partial charge on any atom is 0.303 e. The zero-order chi connectivity index (χ0) is 18.6. The number of carboxylic acid groups (broad SMARTS) is 1. The van der Waals surface area contributed by atoms with E-state index in [0.717, 1.165) is 37.9 Å². The molecule has 0 aromatic heterocycles. The summed E-state index contributed by atoms with van der Waals surface area (Å²) in [6, 6.07) is 18.6. The van der Waals surface area contributed by atoms with Crippen LogP contribution in [-0.2, 0) is 11.2 Å². The lowest BCUT2D eigenvalue weighted by Crippen LogP contribution is -1.99. The van der Waals surface area contributed by atoms with Gasteiger partial charge in [-0.1, -0.05) is 48.5 Å². The van der Waals surface area contributed by atoms with E-state index in [9.17, 15) is 4.79 Å². The molecule has 1 N–H and O–H groups in total. The number of hydrogen-bond donors (Lipinski definition) is 1. The monoisotopic (exact) mass is 352 g/mol. The molecule has 2 rings (SSSR count). The number of carboxylic acids is 1. The summed E-state index contributed by atoms with van der Waals surface area (Å²) in [6.45, 7) is 2.81. The Kier molecular flexibility index (Phi) is 8.47. The van der Waals surface area contributed by atoms with E-state index in [1.165, 1.54) is 16.7 Å². The van der Waals surface area contributed by atoms with Crippen molar-refractivity contribution in [2.45, 2.75) is 45.4 Å². The van der Waals surface area contributed by atoms with E-state index in [-0.39, 0.29) is 6.42 Å². The van der Waals surface area contributed by atoms with E-state index in [1.54, 1.807) is 0 Å². The first-order chi connectivity index (χ1) is 12.6. The van der Waals surface area contributed by atoms with Gasteiger partial charge in [0, 0.05) is 6.42 Å². The molecule has 0 unspecified atom stereocenters. The Balaban J connectivity index is 1.70. The van der Waals surface area contributed by atoms with E-state index < -0.39 is 5.97 Å². The van der Waals surface area contributed by atoms with Crippen molar-refractivity contribution in [2.75, 3.05) is 6.61 Å². The maximum atomic E-state index is 10.5. The lowest BCUT2D eigenvalue weighted by atomic mass is 10.0. The van der Waals surface area contributed by atoms with Gasteiger partial charge in [-0.15, -0.1) is 0 Å². The van der Waals surface area contributed by atoms with E-state index in [2.05, 4.69) is 49.4 Å². The first-order valence-corrected chi connectivity index (χ1v) is 9.31. The fraction of sp³-hybridized carbons (Fsp3) is 0.348. The summed E-state index contributed by atoms with van der Waals surface area (Å²) >= 11 is 0. The van der Waals surface area contributed by atoms with Crippen LogP contribution in [0.3, 0.4) is 0 Å². The van der Waals surface area contributed by atoms with E-state index in [1.807, 2.05) is 18.2 Å². The summed E-state index contributed by atoms with van der Waals surface area (Å²) in [4.78, 5) is 10.5. The fourth-order valence-corrected chi connectivity index (χ4v) is 2.78. The van der Waals surface area contributed by atoms with Gasteiger partial charge in [-0.25, -0.2) is 0 Å². The standard InChI is InChI=1S/C23H28O3/c1-19(9-4-2-7-13-23(24)25)21-14-16-22(17-15-21)26-18-8-12-20-10-5-3-6-11-20/h3,5-6,9-11,14-17H,2,4,7-8,12-13,18H2,1H3,(H,24,25)/b19-9+. The van der Waals surface area contributed by atoms with Gasteiger partial charge < -0.3 is 9.84 Å². The van der Waals surface area contributed by atoms with Crippen LogP contribution in [0, 0.1) is 0 Å². The number of unbranched alkanes of at least 4 members (excludes halogenated alkanes) is 2. The molecule has 0 aliphatic rings. The number of rotatable bonds is 11. The summed E-state index contributed by atoms with van der Waals surface area (Å²) in [7, 11) is 0. The lowest BCUT2D eigenvalue weighted by molar-refractivity contribution is -0.137. The third kappa shape index (κ3) is 7.56. The summed E-state index contributed by atoms with van der Waals surface area (Å²) in [6.07, 6.45) is 7.02. The Morgan fingerprint density at radius 3 is 2.42 bits per heavy atom. The van der Waals surface area contributed by atoms with Crippen LogP contribution in [0.1, 0.15) is 50.2 Å². The Morgan fingerprint density at radius 1 is 1.00 bits per heavy atom. The normalized spacial score (nSPS) is 11.3. The molecule has 2 aromatic carbocycles. The molecule has 0 amide bonds. The Morgan fingerprint density at radius 2 is 1.73 bits per heavy atom. The molecule has 138 valence electrons. The molecule has 3 nitrogen and oxygen atoms in total. The Labute approximate surface area is 156 Å². The molecule has 0 aliphatic carbocycles. The third-order valence-electron chi connectivity index (χ3n) is 4.33. The van der Waals surface area contributed by atoms with Crippen molar-refractivity contribution in [1.29, 1.82) is 0 Å². The van der Waals surface area contributed by atoms with Gasteiger partial charge in [-0.05, 0) is 67.9 Å². The van der Waals surface area contributed by atoms with Crippen molar-refractivity contribution < 1.29 is 14.6 Å². The molecule has 26 heavy (non-hydrogen) atoms. The van der Waals surface area contributed by atoms with Gasteiger partial charge in [0.1, 0.15) is 5.75 Å². The van der Waals surface area contributed by atoms with Crippen LogP contribution in [0.2, 0.25) is 0 Å². The number of ether oxygens (including phenoxy) is 1. The number of benzene rings is 2. The van der Waals surface area contributed by atoms with Gasteiger partial charge >= 0.3 is 5.97 Å².